The number of ether oxygens (including phenoxy) is 2. The SMILES string of the molecule is COC(=O)c1ccc(C(=O)OC)c(S(=O)(=O)O)c1.[KH]. The van der Waals surface area contributed by atoms with Gasteiger partial charge >= 0.3 is 63.3 Å². The molecule has 9 heteroatoms. The Balaban J connectivity index is 0.00000324. The van der Waals surface area contributed by atoms with Gasteiger partial charge in [0.15, 0.2) is 0 Å². The molecule has 0 aromatic heterocycles. The maximum absolute atomic E-state index is 11.3. The molecule has 0 spiro atoms. The van der Waals surface area contributed by atoms with Gasteiger partial charge in [0.05, 0.1) is 25.3 Å². The van der Waals surface area contributed by atoms with Crippen LogP contribution in [-0.2, 0) is 19.6 Å². The van der Waals surface area contributed by atoms with Crippen molar-refractivity contribution in [2.45, 2.75) is 4.90 Å². The van der Waals surface area contributed by atoms with Gasteiger partial charge in [0.1, 0.15) is 4.90 Å². The molecule has 0 bridgehead atoms. The molecular formula is C10H11KO7S. The fourth-order valence-electron chi connectivity index (χ4n) is 1.26. The van der Waals surface area contributed by atoms with E-state index in [9.17, 15) is 18.0 Å². The summed E-state index contributed by atoms with van der Waals surface area (Å²) in [5, 5.41) is 0. The summed E-state index contributed by atoms with van der Waals surface area (Å²) in [5.74, 6) is -1.74. The van der Waals surface area contributed by atoms with E-state index in [0.29, 0.717) is 0 Å². The second-order valence-corrected chi connectivity index (χ2v) is 4.56. The van der Waals surface area contributed by atoms with E-state index in [4.69, 9.17) is 4.55 Å². The monoisotopic (exact) mass is 314 g/mol. The van der Waals surface area contributed by atoms with Gasteiger partial charge in [-0.3, -0.25) is 4.55 Å². The van der Waals surface area contributed by atoms with E-state index < -0.39 is 27.0 Å². The van der Waals surface area contributed by atoms with Crippen LogP contribution in [0.4, 0.5) is 0 Å². The van der Waals surface area contributed by atoms with E-state index in [2.05, 4.69) is 9.47 Å². The van der Waals surface area contributed by atoms with E-state index >= 15 is 0 Å². The first-order valence-electron chi connectivity index (χ1n) is 4.59. The normalized spacial score (nSPS) is 10.3. The minimum atomic E-state index is -4.66. The second kappa shape index (κ2) is 7.48. The van der Waals surface area contributed by atoms with Crippen molar-refractivity contribution in [2.75, 3.05) is 14.2 Å². The van der Waals surface area contributed by atoms with Crippen LogP contribution in [0.1, 0.15) is 20.7 Å². The molecule has 1 rings (SSSR count). The molecule has 0 atom stereocenters. The van der Waals surface area contributed by atoms with Gasteiger partial charge in [-0.25, -0.2) is 9.59 Å². The molecule has 1 aromatic carbocycles. The summed E-state index contributed by atoms with van der Waals surface area (Å²) in [6, 6.07) is 3.08. The van der Waals surface area contributed by atoms with Gasteiger partial charge in [-0.15, -0.1) is 0 Å². The van der Waals surface area contributed by atoms with Crippen LogP contribution in [0.3, 0.4) is 0 Å². The van der Waals surface area contributed by atoms with Gasteiger partial charge in [0.25, 0.3) is 10.1 Å². The molecule has 0 saturated heterocycles. The molecule has 0 aliphatic carbocycles. The van der Waals surface area contributed by atoms with Crippen LogP contribution in [0.5, 0.6) is 0 Å². The van der Waals surface area contributed by atoms with Crippen LogP contribution in [0, 0.1) is 0 Å². The Morgan fingerprint density at radius 3 is 2.05 bits per heavy atom. The van der Waals surface area contributed by atoms with Crippen molar-refractivity contribution < 1.29 is 32.0 Å². The first-order valence-corrected chi connectivity index (χ1v) is 6.03. The van der Waals surface area contributed by atoms with Crippen molar-refractivity contribution in [2.24, 2.45) is 0 Å². The zero-order valence-corrected chi connectivity index (χ0v) is 10.4. The standard InChI is InChI=1S/C10H10O7S.K.H/c1-16-9(11)6-3-4-7(10(12)17-2)8(5-6)18(13,14)15;;/h3-5H,1-2H3,(H,13,14,15);;. The van der Waals surface area contributed by atoms with Gasteiger partial charge < -0.3 is 9.47 Å². The Kier molecular flexibility index (Phi) is 7.36. The molecule has 100 valence electrons. The van der Waals surface area contributed by atoms with Crippen molar-refractivity contribution in [1.82, 2.24) is 0 Å². The fraction of sp³-hybridized carbons (Fsp3) is 0.200. The molecule has 0 heterocycles. The van der Waals surface area contributed by atoms with Crippen molar-refractivity contribution in [1.29, 1.82) is 0 Å². The predicted octanol–water partition coefficient (Wildman–Crippen LogP) is -0.142. The number of carbonyl (C=O) groups excluding carboxylic acids is 2. The first-order chi connectivity index (χ1) is 8.31. The summed E-state index contributed by atoms with van der Waals surface area (Å²) >= 11 is 0. The van der Waals surface area contributed by atoms with Crippen LogP contribution in [-0.4, -0.2) is 90.5 Å². The summed E-state index contributed by atoms with van der Waals surface area (Å²) < 4.78 is 40.0. The third-order valence-corrected chi connectivity index (χ3v) is 2.98. The summed E-state index contributed by atoms with van der Waals surface area (Å²) in [5.41, 5.74) is -0.481. The number of rotatable bonds is 3. The van der Waals surface area contributed by atoms with Crippen LogP contribution in [0.25, 0.3) is 0 Å². The number of hydrogen-bond donors (Lipinski definition) is 1. The molecule has 19 heavy (non-hydrogen) atoms. The van der Waals surface area contributed by atoms with E-state index in [1.165, 1.54) is 6.07 Å². The molecule has 1 N–H and O–H groups in total. The quantitative estimate of drug-likeness (QED) is 0.470. The van der Waals surface area contributed by atoms with Crippen LogP contribution in [0.2, 0.25) is 0 Å². The van der Waals surface area contributed by atoms with Gasteiger partial charge in [0.2, 0.25) is 0 Å². The van der Waals surface area contributed by atoms with E-state index in [1.54, 1.807) is 0 Å². The Hall–Kier alpha value is -0.294. The number of methoxy groups -OCH3 is 2. The number of esters is 2. The van der Waals surface area contributed by atoms with Gasteiger partial charge in [-0.05, 0) is 18.2 Å². The van der Waals surface area contributed by atoms with Crippen molar-refractivity contribution in [3.63, 3.8) is 0 Å². The minimum absolute atomic E-state index is 0. The van der Waals surface area contributed by atoms with E-state index in [1.807, 2.05) is 0 Å². The Morgan fingerprint density at radius 2 is 1.63 bits per heavy atom. The van der Waals surface area contributed by atoms with E-state index in [0.717, 1.165) is 26.4 Å². The summed E-state index contributed by atoms with van der Waals surface area (Å²) in [4.78, 5) is 21.8. The number of hydrogen-bond acceptors (Lipinski definition) is 6. The van der Waals surface area contributed by atoms with Crippen LogP contribution >= 0.6 is 0 Å². The Labute approximate surface area is 152 Å². The molecule has 0 amide bonds. The molecule has 0 radical (unpaired) electrons. The molecule has 0 fully saturated rings. The maximum atomic E-state index is 11.3. The topological polar surface area (TPSA) is 107 Å². The molecule has 7 nitrogen and oxygen atoms in total. The van der Waals surface area contributed by atoms with E-state index in [-0.39, 0.29) is 62.5 Å². The third kappa shape index (κ3) is 4.63. The number of carbonyl (C=O) groups is 2. The molecule has 0 aliphatic heterocycles. The zero-order valence-electron chi connectivity index (χ0n) is 9.54. The average Bonchev–Trinajstić information content (AvgIpc) is 2.35. The Bertz CT molecular complexity index is 594. The average molecular weight is 314 g/mol. The first kappa shape index (κ1) is 18.7. The fourth-order valence-corrected chi connectivity index (χ4v) is 1.96. The van der Waals surface area contributed by atoms with Gasteiger partial charge in [-0.1, -0.05) is 0 Å². The number of benzene rings is 1. The van der Waals surface area contributed by atoms with Crippen molar-refractivity contribution in [3.05, 3.63) is 29.3 Å². The zero-order chi connectivity index (χ0) is 13.9. The summed E-state index contributed by atoms with van der Waals surface area (Å²) in [6.07, 6.45) is 0. The van der Waals surface area contributed by atoms with Gasteiger partial charge in [0, 0.05) is 0 Å². The molecule has 0 aliphatic rings. The molecule has 0 saturated carbocycles. The summed E-state index contributed by atoms with van der Waals surface area (Å²) in [6.45, 7) is 0. The van der Waals surface area contributed by atoms with Gasteiger partial charge in [-0.2, -0.15) is 8.42 Å². The Morgan fingerprint density at radius 1 is 1.11 bits per heavy atom. The molecule has 1 aromatic rings. The van der Waals surface area contributed by atoms with Crippen LogP contribution < -0.4 is 0 Å². The van der Waals surface area contributed by atoms with Crippen molar-refractivity contribution in [3.8, 4) is 0 Å². The second-order valence-electron chi connectivity index (χ2n) is 3.17. The third-order valence-electron chi connectivity index (χ3n) is 2.09. The molecule has 0 unspecified atom stereocenters. The molecular weight excluding hydrogens is 303 g/mol. The van der Waals surface area contributed by atoms with Crippen molar-refractivity contribution >= 4 is 73.4 Å². The van der Waals surface area contributed by atoms with Crippen LogP contribution in [0.15, 0.2) is 23.1 Å². The summed E-state index contributed by atoms with van der Waals surface area (Å²) in [7, 11) is -2.49. The predicted molar refractivity (Wildman–Crippen MR) is 66.1 cm³/mol.